The number of benzene rings is 1. The molecular weight excluding hydrogens is 303 g/mol. The number of hydrogen-bond donors (Lipinski definition) is 0. The van der Waals surface area contributed by atoms with Crippen LogP contribution >= 0.6 is 0 Å². The maximum absolute atomic E-state index is 14.1. The van der Waals surface area contributed by atoms with Crippen LogP contribution in [0, 0.1) is 0 Å². The molecule has 4 nitrogen and oxygen atoms in total. The van der Waals surface area contributed by atoms with Crippen molar-refractivity contribution in [3.63, 3.8) is 0 Å². The van der Waals surface area contributed by atoms with Gasteiger partial charge in [-0.2, -0.15) is 4.31 Å². The van der Waals surface area contributed by atoms with Crippen molar-refractivity contribution in [3.8, 4) is 0 Å². The molecule has 0 spiro atoms. The van der Waals surface area contributed by atoms with Crippen LogP contribution in [0.4, 0.5) is 4.39 Å². The van der Waals surface area contributed by atoms with Crippen LogP contribution in [0.3, 0.4) is 0 Å². The van der Waals surface area contributed by atoms with Gasteiger partial charge in [-0.3, -0.25) is 4.98 Å². The molecule has 1 fully saturated rings. The highest BCUT2D eigenvalue weighted by Crippen LogP contribution is 2.28. The number of sulfonamides is 1. The van der Waals surface area contributed by atoms with E-state index in [0.29, 0.717) is 30.5 Å². The second-order valence-corrected chi connectivity index (χ2v) is 8.07. The molecule has 1 aromatic carbocycles. The van der Waals surface area contributed by atoms with Gasteiger partial charge >= 0.3 is 0 Å². The lowest BCUT2D eigenvalue weighted by atomic mass is 9.99. The summed E-state index contributed by atoms with van der Waals surface area (Å²) in [5, 5.41) is 0.907. The Hall–Kier alpha value is -1.53. The lowest BCUT2D eigenvalue weighted by Crippen LogP contribution is -2.46. The summed E-state index contributed by atoms with van der Waals surface area (Å²) in [5.41, 5.74) is -0.0969. The molecule has 1 saturated heterocycles. The predicted octanol–water partition coefficient (Wildman–Crippen LogP) is 2.89. The summed E-state index contributed by atoms with van der Waals surface area (Å²) < 4.78 is 40.6. The molecule has 2 heterocycles. The number of halogens is 1. The van der Waals surface area contributed by atoms with Crippen LogP contribution in [0.1, 0.15) is 25.3 Å². The van der Waals surface area contributed by atoms with Gasteiger partial charge in [0.2, 0.25) is 10.0 Å². The number of rotatable bonds is 3. The summed E-state index contributed by atoms with van der Waals surface area (Å²) >= 11 is 0. The van der Waals surface area contributed by atoms with E-state index >= 15 is 0 Å². The summed E-state index contributed by atoms with van der Waals surface area (Å²) in [5.74, 6) is -0.141. The number of fused-ring (bicyclic) bond motifs is 1. The lowest BCUT2D eigenvalue weighted by molar-refractivity contribution is 0.102. The van der Waals surface area contributed by atoms with Gasteiger partial charge in [0.25, 0.3) is 0 Å². The van der Waals surface area contributed by atoms with E-state index in [4.69, 9.17) is 0 Å². The topological polar surface area (TPSA) is 50.3 Å². The minimum Gasteiger partial charge on any atom is -0.256 e. The molecule has 1 aliphatic heterocycles. The Morgan fingerprint density at radius 2 is 2.09 bits per heavy atom. The Morgan fingerprint density at radius 1 is 1.32 bits per heavy atom. The van der Waals surface area contributed by atoms with Gasteiger partial charge in [0, 0.05) is 24.7 Å². The van der Waals surface area contributed by atoms with Crippen molar-refractivity contribution >= 4 is 20.9 Å². The van der Waals surface area contributed by atoms with Crippen LogP contribution in [0.2, 0.25) is 0 Å². The fraction of sp³-hybridized carbons (Fsp3) is 0.438. The zero-order valence-electron chi connectivity index (χ0n) is 12.5. The van der Waals surface area contributed by atoms with E-state index < -0.39 is 15.7 Å². The van der Waals surface area contributed by atoms with E-state index in [-0.39, 0.29) is 12.3 Å². The quantitative estimate of drug-likeness (QED) is 0.873. The minimum atomic E-state index is -3.55. The summed E-state index contributed by atoms with van der Waals surface area (Å²) in [4.78, 5) is 4.28. The summed E-state index contributed by atoms with van der Waals surface area (Å²) in [6.07, 6.45) is 2.62. The molecule has 0 aliphatic carbocycles. The molecule has 0 amide bonds. The van der Waals surface area contributed by atoms with Gasteiger partial charge in [-0.05, 0) is 31.4 Å². The molecule has 1 aromatic heterocycles. The largest absolute Gasteiger partial charge is 0.256 e. The molecule has 1 unspecified atom stereocenters. The molecule has 3 rings (SSSR count). The average molecular weight is 322 g/mol. The number of para-hydroxylation sites is 1. The first-order valence-electron chi connectivity index (χ1n) is 7.37. The smallest absolute Gasteiger partial charge is 0.218 e. The first-order valence-corrected chi connectivity index (χ1v) is 8.98. The van der Waals surface area contributed by atoms with E-state index in [2.05, 4.69) is 4.98 Å². The highest BCUT2D eigenvalue weighted by atomic mass is 32.2. The molecule has 6 heteroatoms. The Balaban J connectivity index is 1.90. The number of piperidine rings is 1. The van der Waals surface area contributed by atoms with Crippen LogP contribution in [0.5, 0.6) is 0 Å². The van der Waals surface area contributed by atoms with Crippen LogP contribution in [-0.4, -0.2) is 36.5 Å². The third kappa shape index (κ3) is 3.13. The number of nitrogens with zero attached hydrogens (tertiary/aromatic N) is 2. The van der Waals surface area contributed by atoms with Crippen molar-refractivity contribution in [1.29, 1.82) is 0 Å². The summed E-state index contributed by atoms with van der Waals surface area (Å²) in [6.45, 7) is 1.79. The first-order chi connectivity index (χ1) is 10.4. The summed E-state index contributed by atoms with van der Waals surface area (Å²) in [6, 6.07) is 9.21. The van der Waals surface area contributed by atoms with Gasteiger partial charge in [0.1, 0.15) is 5.67 Å². The molecular formula is C16H19FN2O2S. The van der Waals surface area contributed by atoms with Crippen LogP contribution < -0.4 is 0 Å². The second-order valence-electron chi connectivity index (χ2n) is 6.10. The van der Waals surface area contributed by atoms with E-state index in [1.165, 1.54) is 11.2 Å². The van der Waals surface area contributed by atoms with Gasteiger partial charge in [0.05, 0.1) is 11.3 Å². The van der Waals surface area contributed by atoms with Crippen molar-refractivity contribution in [3.05, 3.63) is 42.1 Å². The third-order valence-corrected chi connectivity index (χ3v) is 5.83. The standard InChI is InChI=1S/C16H19FN2O2S/c1-16(17)8-4-10-19(12-16)22(20,21)11-14-6-2-5-13-7-3-9-18-15(13)14/h2-3,5-7,9H,4,8,10-12H2,1H3. The molecule has 1 aliphatic rings. The average Bonchev–Trinajstić information content (AvgIpc) is 2.46. The molecule has 2 aromatic rings. The number of hydrogen-bond acceptors (Lipinski definition) is 3. The van der Waals surface area contributed by atoms with E-state index in [9.17, 15) is 12.8 Å². The normalized spacial score (nSPS) is 23.7. The fourth-order valence-electron chi connectivity index (χ4n) is 2.96. The highest BCUT2D eigenvalue weighted by molar-refractivity contribution is 7.88. The van der Waals surface area contributed by atoms with Crippen molar-refractivity contribution in [1.82, 2.24) is 9.29 Å². The third-order valence-electron chi connectivity index (χ3n) is 4.06. The maximum atomic E-state index is 14.1. The molecule has 0 N–H and O–H groups in total. The number of alkyl halides is 1. The van der Waals surface area contributed by atoms with Crippen molar-refractivity contribution in [2.75, 3.05) is 13.1 Å². The molecule has 22 heavy (non-hydrogen) atoms. The zero-order valence-corrected chi connectivity index (χ0v) is 13.3. The van der Waals surface area contributed by atoms with Crippen molar-refractivity contribution in [2.45, 2.75) is 31.2 Å². The molecule has 0 bridgehead atoms. The van der Waals surface area contributed by atoms with Gasteiger partial charge in [-0.25, -0.2) is 12.8 Å². The molecule has 118 valence electrons. The van der Waals surface area contributed by atoms with E-state index in [1.54, 1.807) is 12.3 Å². The van der Waals surface area contributed by atoms with Gasteiger partial charge in [-0.15, -0.1) is 0 Å². The SMILES string of the molecule is CC1(F)CCCN(S(=O)(=O)Cc2cccc3cccnc23)C1. The van der Waals surface area contributed by atoms with E-state index in [0.717, 1.165) is 5.39 Å². The van der Waals surface area contributed by atoms with Crippen LogP contribution in [0.25, 0.3) is 10.9 Å². The Bertz CT molecular complexity index is 784. The van der Waals surface area contributed by atoms with Crippen molar-refractivity contribution in [2.24, 2.45) is 0 Å². The monoisotopic (exact) mass is 322 g/mol. The van der Waals surface area contributed by atoms with Crippen molar-refractivity contribution < 1.29 is 12.8 Å². The predicted molar refractivity (Wildman–Crippen MR) is 84.7 cm³/mol. The van der Waals surface area contributed by atoms with Gasteiger partial charge in [-0.1, -0.05) is 24.3 Å². The minimum absolute atomic E-state index is 0.0620. The number of pyridine rings is 1. The highest BCUT2D eigenvalue weighted by Gasteiger charge is 2.36. The Morgan fingerprint density at radius 3 is 2.86 bits per heavy atom. The van der Waals surface area contributed by atoms with Gasteiger partial charge in [0.15, 0.2) is 0 Å². The molecule has 0 saturated carbocycles. The van der Waals surface area contributed by atoms with E-state index in [1.807, 2.05) is 24.3 Å². The van der Waals surface area contributed by atoms with Crippen LogP contribution in [-0.2, 0) is 15.8 Å². The van der Waals surface area contributed by atoms with Gasteiger partial charge < -0.3 is 0 Å². The van der Waals surface area contributed by atoms with Crippen LogP contribution in [0.15, 0.2) is 36.5 Å². The lowest BCUT2D eigenvalue weighted by Gasteiger charge is -2.34. The maximum Gasteiger partial charge on any atom is 0.218 e. The second kappa shape index (κ2) is 5.59. The zero-order chi connectivity index (χ0) is 15.8. The Kier molecular flexibility index (Phi) is 3.91. The number of aromatic nitrogens is 1. The molecule has 0 radical (unpaired) electrons. The molecule has 1 atom stereocenters. The summed E-state index contributed by atoms with van der Waals surface area (Å²) in [7, 11) is -3.55. The first kappa shape index (κ1) is 15.4. The fourth-order valence-corrected chi connectivity index (χ4v) is 4.64. The Labute approximate surface area is 130 Å².